The Kier molecular flexibility index (Phi) is 5.26. The second-order valence-electron chi connectivity index (χ2n) is 8.41. The molecule has 0 aromatic heterocycles. The first-order chi connectivity index (χ1) is 15.8. The van der Waals surface area contributed by atoms with E-state index in [0.29, 0.717) is 27.3 Å². The molecule has 0 aliphatic carbocycles. The van der Waals surface area contributed by atoms with E-state index in [0.717, 1.165) is 11.1 Å². The summed E-state index contributed by atoms with van der Waals surface area (Å²) < 4.78 is 20.2. The second-order valence-corrected chi connectivity index (χ2v) is 9.23. The summed E-state index contributed by atoms with van der Waals surface area (Å²) in [6, 6.07) is 18.4. The predicted molar refractivity (Wildman–Crippen MR) is 131 cm³/mol. The van der Waals surface area contributed by atoms with Crippen molar-refractivity contribution in [3.63, 3.8) is 0 Å². The smallest absolute Gasteiger partial charge is 0.236 e. The average Bonchev–Trinajstić information content (AvgIpc) is 2.77. The maximum Gasteiger partial charge on any atom is 0.236 e. The molecule has 168 valence electrons. The van der Waals surface area contributed by atoms with Gasteiger partial charge in [-0.2, -0.15) is 0 Å². The topological polar surface area (TPSA) is 53.6 Å². The second kappa shape index (κ2) is 8.01. The number of carbonyl (C=O) groups excluding carboxylic acids is 1. The van der Waals surface area contributed by atoms with Gasteiger partial charge < -0.3 is 15.4 Å². The predicted octanol–water partition coefficient (Wildman–Crippen LogP) is 5.59. The van der Waals surface area contributed by atoms with Crippen molar-refractivity contribution in [2.45, 2.75) is 25.6 Å². The van der Waals surface area contributed by atoms with Crippen molar-refractivity contribution in [2.75, 3.05) is 10.2 Å². The number of fused-ring (bicyclic) bond motifs is 4. The highest BCUT2D eigenvalue weighted by Gasteiger charge is 2.59. The minimum Gasteiger partial charge on any atom is -0.467 e. The third-order valence-electron chi connectivity index (χ3n) is 6.13. The normalized spacial score (nSPS) is 23.3. The van der Waals surface area contributed by atoms with Crippen LogP contribution in [0.4, 0.5) is 15.8 Å². The molecule has 2 aliphatic rings. The summed E-state index contributed by atoms with van der Waals surface area (Å²) in [4.78, 5) is 15.5. The highest BCUT2D eigenvalue weighted by Crippen LogP contribution is 2.50. The van der Waals surface area contributed by atoms with Crippen LogP contribution in [0.1, 0.15) is 24.1 Å². The van der Waals surface area contributed by atoms with Gasteiger partial charge in [-0.15, -0.1) is 0 Å². The number of amides is 1. The van der Waals surface area contributed by atoms with Gasteiger partial charge >= 0.3 is 0 Å². The maximum absolute atomic E-state index is 13.7. The van der Waals surface area contributed by atoms with E-state index >= 15 is 0 Å². The third-order valence-corrected chi connectivity index (χ3v) is 6.68. The molecule has 5 rings (SSSR count). The lowest BCUT2D eigenvalue weighted by molar-refractivity contribution is -0.130. The lowest BCUT2D eigenvalue weighted by atomic mass is 9.78. The van der Waals surface area contributed by atoms with Gasteiger partial charge in [0, 0.05) is 22.0 Å². The van der Waals surface area contributed by atoms with Crippen molar-refractivity contribution in [3.05, 3.63) is 88.7 Å². The fraction of sp³-hybridized carbons (Fsp3) is 0.200. The van der Waals surface area contributed by atoms with Gasteiger partial charge in [-0.3, -0.25) is 9.69 Å². The number of nitrogens with one attached hydrogen (secondary N) is 2. The van der Waals surface area contributed by atoms with Crippen LogP contribution in [-0.2, 0) is 4.79 Å². The first-order valence-corrected chi connectivity index (χ1v) is 11.3. The van der Waals surface area contributed by atoms with Crippen LogP contribution in [0, 0.1) is 18.7 Å². The van der Waals surface area contributed by atoms with E-state index in [9.17, 15) is 9.18 Å². The lowest BCUT2D eigenvalue weighted by Crippen LogP contribution is -2.72. The number of nitrogens with zero attached hydrogens (tertiary/aromatic N) is 1. The Morgan fingerprint density at radius 3 is 2.55 bits per heavy atom. The van der Waals surface area contributed by atoms with Crippen molar-refractivity contribution in [1.82, 2.24) is 5.32 Å². The van der Waals surface area contributed by atoms with E-state index in [1.807, 2.05) is 32.0 Å². The van der Waals surface area contributed by atoms with Crippen LogP contribution in [0.3, 0.4) is 0 Å². The van der Waals surface area contributed by atoms with E-state index in [1.165, 1.54) is 12.1 Å². The molecule has 0 unspecified atom stereocenters. The van der Waals surface area contributed by atoms with E-state index in [1.54, 1.807) is 41.3 Å². The Bertz CT molecular complexity index is 1250. The van der Waals surface area contributed by atoms with Crippen LogP contribution in [0.15, 0.2) is 66.7 Å². The molecule has 5 nitrogen and oxygen atoms in total. The van der Waals surface area contributed by atoms with E-state index in [-0.39, 0.29) is 11.7 Å². The van der Waals surface area contributed by atoms with Crippen molar-refractivity contribution in [2.24, 2.45) is 5.92 Å². The highest BCUT2D eigenvalue weighted by molar-refractivity contribution is 7.80. The maximum atomic E-state index is 13.7. The Morgan fingerprint density at radius 2 is 1.85 bits per heavy atom. The quantitative estimate of drug-likeness (QED) is 0.478. The summed E-state index contributed by atoms with van der Waals surface area (Å²) in [5, 5.41) is 7.31. The number of carbonyl (C=O) groups is 1. The highest BCUT2D eigenvalue weighted by atomic mass is 35.5. The molecule has 8 heteroatoms. The monoisotopic (exact) mass is 481 g/mol. The Labute approximate surface area is 201 Å². The number of benzene rings is 3. The molecule has 2 N–H and O–H groups in total. The third kappa shape index (κ3) is 3.71. The largest absolute Gasteiger partial charge is 0.467 e. The Morgan fingerprint density at radius 1 is 1.15 bits per heavy atom. The molecule has 1 saturated heterocycles. The van der Waals surface area contributed by atoms with Gasteiger partial charge in [-0.1, -0.05) is 29.3 Å². The number of rotatable bonds is 3. The van der Waals surface area contributed by atoms with Gasteiger partial charge in [-0.25, -0.2) is 4.39 Å². The van der Waals surface area contributed by atoms with E-state index < -0.39 is 17.7 Å². The van der Waals surface area contributed by atoms with Crippen LogP contribution in [-0.4, -0.2) is 16.7 Å². The van der Waals surface area contributed by atoms with E-state index in [4.69, 9.17) is 28.6 Å². The van der Waals surface area contributed by atoms with Gasteiger partial charge in [0.05, 0.1) is 6.04 Å². The molecule has 2 heterocycles. The summed E-state index contributed by atoms with van der Waals surface area (Å²) in [6.45, 7) is 3.83. The van der Waals surface area contributed by atoms with E-state index in [2.05, 4.69) is 10.6 Å². The standard InChI is InChI=1S/C25H21ClFN3O2S/c1-14-3-12-20-19(13-14)22-21(23(31)28-17-8-4-15(26)5-9-17)25(2,32-20)30(24(33)29-22)18-10-6-16(27)7-11-18/h3-13,21-22H,1-2H3,(H,28,31)(H,29,33)/t21-,22+,25-/m0/s1. The summed E-state index contributed by atoms with van der Waals surface area (Å²) in [5.41, 5.74) is 1.99. The number of hydrogen-bond donors (Lipinski definition) is 2. The summed E-state index contributed by atoms with van der Waals surface area (Å²) in [5.74, 6) is -0.607. The first-order valence-electron chi connectivity index (χ1n) is 10.5. The van der Waals surface area contributed by atoms with Crippen molar-refractivity contribution in [3.8, 4) is 5.75 Å². The summed E-state index contributed by atoms with van der Waals surface area (Å²) in [7, 11) is 0. The number of aryl methyl sites for hydroxylation is 1. The first kappa shape index (κ1) is 21.7. The number of halogens is 2. The number of thiocarbonyl (C=S) groups is 1. The minimum absolute atomic E-state index is 0.237. The fourth-order valence-corrected chi connectivity index (χ4v) is 5.18. The van der Waals surface area contributed by atoms with Crippen LogP contribution in [0.25, 0.3) is 0 Å². The molecule has 0 spiro atoms. The molecular weight excluding hydrogens is 461 g/mol. The van der Waals surface area contributed by atoms with Gasteiger partial charge in [0.25, 0.3) is 0 Å². The summed E-state index contributed by atoms with van der Waals surface area (Å²) in [6.07, 6.45) is 0. The fourth-order valence-electron chi connectivity index (χ4n) is 4.64. The zero-order chi connectivity index (χ0) is 23.3. The lowest BCUT2D eigenvalue weighted by Gasteiger charge is -2.56. The van der Waals surface area contributed by atoms with Crippen LogP contribution < -0.4 is 20.3 Å². The van der Waals surface area contributed by atoms with Gasteiger partial charge in [0.2, 0.25) is 5.91 Å². The summed E-state index contributed by atoms with van der Waals surface area (Å²) >= 11 is 11.7. The number of ether oxygens (including phenoxy) is 1. The molecule has 3 aromatic carbocycles. The molecule has 1 amide bonds. The van der Waals surface area contributed by atoms with Gasteiger partial charge in [0.15, 0.2) is 10.8 Å². The molecule has 1 fully saturated rings. The molecule has 33 heavy (non-hydrogen) atoms. The Balaban J connectivity index is 1.62. The minimum atomic E-state index is -1.16. The molecule has 3 aromatic rings. The average molecular weight is 482 g/mol. The van der Waals surface area contributed by atoms with Crippen molar-refractivity contribution >= 4 is 46.2 Å². The molecular formula is C25H21ClFN3O2S. The number of anilines is 2. The molecule has 0 radical (unpaired) electrons. The van der Waals surface area contributed by atoms with Crippen molar-refractivity contribution in [1.29, 1.82) is 0 Å². The van der Waals surface area contributed by atoms with Gasteiger partial charge in [0.1, 0.15) is 17.5 Å². The molecule has 3 atom stereocenters. The zero-order valence-electron chi connectivity index (χ0n) is 17.9. The van der Waals surface area contributed by atoms with Crippen LogP contribution in [0.2, 0.25) is 5.02 Å². The number of hydrogen-bond acceptors (Lipinski definition) is 3. The SMILES string of the molecule is Cc1ccc2c(c1)[C@H]1NC(=S)N(c3ccc(F)cc3)[C@@](C)(O2)[C@@H]1C(=O)Nc1ccc(Cl)cc1. The molecule has 0 saturated carbocycles. The van der Waals surface area contributed by atoms with Crippen LogP contribution >= 0.6 is 23.8 Å². The Hall–Kier alpha value is -3.16. The zero-order valence-corrected chi connectivity index (χ0v) is 19.5. The van der Waals surface area contributed by atoms with Gasteiger partial charge in [-0.05, 0) is 80.7 Å². The van der Waals surface area contributed by atoms with Crippen molar-refractivity contribution < 1.29 is 13.9 Å². The molecule has 2 bridgehead atoms. The van der Waals surface area contributed by atoms with Crippen LogP contribution in [0.5, 0.6) is 5.75 Å². The molecule has 2 aliphatic heterocycles.